The van der Waals surface area contributed by atoms with Crippen molar-refractivity contribution in [3.63, 3.8) is 0 Å². The summed E-state index contributed by atoms with van der Waals surface area (Å²) >= 11 is 6.17. The summed E-state index contributed by atoms with van der Waals surface area (Å²) in [5.41, 5.74) is 2.53. The second-order valence-electron chi connectivity index (χ2n) is 8.67. The number of hydrogen-bond donors (Lipinski definition) is 0. The molecule has 0 atom stereocenters. The summed E-state index contributed by atoms with van der Waals surface area (Å²) in [6.45, 7) is 12.4. The molecule has 2 aliphatic rings. The van der Waals surface area contributed by atoms with E-state index in [0.717, 1.165) is 50.6 Å². The molecule has 0 unspecified atom stereocenters. The highest BCUT2D eigenvalue weighted by Gasteiger charge is 2.27. The molecule has 0 aliphatic carbocycles. The molecule has 7 heteroatoms. The van der Waals surface area contributed by atoms with E-state index in [4.69, 9.17) is 11.6 Å². The van der Waals surface area contributed by atoms with Crippen LogP contribution in [0.5, 0.6) is 0 Å². The number of hydrogen-bond acceptors (Lipinski definition) is 4. The van der Waals surface area contributed by atoms with Crippen molar-refractivity contribution >= 4 is 17.5 Å². The van der Waals surface area contributed by atoms with Crippen LogP contribution in [-0.4, -0.2) is 82.7 Å². The lowest BCUT2D eigenvalue weighted by atomic mass is 10.0. The summed E-state index contributed by atoms with van der Waals surface area (Å²) in [5, 5.41) is 5.21. The van der Waals surface area contributed by atoms with Gasteiger partial charge < -0.3 is 9.80 Å². The Hall–Kier alpha value is -1.89. The van der Waals surface area contributed by atoms with E-state index in [1.807, 2.05) is 33.8 Å². The second kappa shape index (κ2) is 9.50. The number of nitrogens with zero attached hydrogens (tertiary/aromatic N) is 5. The Kier molecular flexibility index (Phi) is 6.76. The Labute approximate surface area is 184 Å². The van der Waals surface area contributed by atoms with Gasteiger partial charge in [0.2, 0.25) is 0 Å². The lowest BCUT2D eigenvalue weighted by molar-refractivity contribution is 0.0625. The Morgan fingerprint density at radius 1 is 1.03 bits per heavy atom. The third-order valence-corrected chi connectivity index (χ3v) is 6.46. The molecular formula is C23H32ClN5O. The van der Waals surface area contributed by atoms with Gasteiger partial charge in [-0.25, -0.2) is 4.68 Å². The van der Waals surface area contributed by atoms with E-state index in [-0.39, 0.29) is 11.8 Å². The first kappa shape index (κ1) is 21.3. The quantitative estimate of drug-likeness (QED) is 0.705. The zero-order chi connectivity index (χ0) is 21.1. The highest BCUT2D eigenvalue weighted by molar-refractivity contribution is 6.30. The highest BCUT2D eigenvalue weighted by atomic mass is 35.5. The predicted octanol–water partition coefficient (Wildman–Crippen LogP) is 3.50. The molecule has 4 rings (SSSR count). The summed E-state index contributed by atoms with van der Waals surface area (Å²) in [6.07, 6.45) is 4.39. The molecule has 2 saturated heterocycles. The molecule has 0 bridgehead atoms. The van der Waals surface area contributed by atoms with Gasteiger partial charge in [-0.05, 0) is 50.0 Å². The van der Waals surface area contributed by atoms with E-state index in [9.17, 15) is 4.79 Å². The average Bonchev–Trinajstić information content (AvgIpc) is 3.42. The maximum Gasteiger partial charge on any atom is 0.257 e. The molecular weight excluding hydrogens is 398 g/mol. The van der Waals surface area contributed by atoms with Crippen LogP contribution in [0.2, 0.25) is 5.02 Å². The van der Waals surface area contributed by atoms with Crippen LogP contribution in [0.1, 0.15) is 48.7 Å². The van der Waals surface area contributed by atoms with E-state index in [0.29, 0.717) is 10.6 Å². The molecule has 30 heavy (non-hydrogen) atoms. The minimum atomic E-state index is 0.0890. The van der Waals surface area contributed by atoms with Crippen LogP contribution >= 0.6 is 11.6 Å². The number of rotatable bonds is 6. The van der Waals surface area contributed by atoms with Crippen molar-refractivity contribution in [1.82, 2.24) is 24.5 Å². The van der Waals surface area contributed by atoms with Gasteiger partial charge in [0.15, 0.2) is 0 Å². The minimum Gasteiger partial charge on any atom is -0.336 e. The van der Waals surface area contributed by atoms with Crippen molar-refractivity contribution in [1.29, 1.82) is 0 Å². The monoisotopic (exact) mass is 429 g/mol. The zero-order valence-corrected chi connectivity index (χ0v) is 18.8. The lowest BCUT2D eigenvalue weighted by Crippen LogP contribution is -2.50. The number of piperazine rings is 1. The first-order chi connectivity index (χ1) is 14.5. The van der Waals surface area contributed by atoms with Crippen molar-refractivity contribution in [2.75, 3.05) is 52.4 Å². The molecule has 2 aromatic rings. The van der Waals surface area contributed by atoms with Crippen LogP contribution in [0.15, 0.2) is 30.5 Å². The molecule has 162 valence electrons. The molecule has 3 heterocycles. The summed E-state index contributed by atoms with van der Waals surface area (Å²) < 4.78 is 1.86. The van der Waals surface area contributed by atoms with E-state index >= 15 is 0 Å². The molecule has 1 aromatic heterocycles. The molecule has 1 amide bonds. The normalized spacial score (nSPS) is 18.5. The van der Waals surface area contributed by atoms with Gasteiger partial charge >= 0.3 is 0 Å². The number of carbonyl (C=O) groups excluding carboxylic acids is 1. The Balaban J connectivity index is 1.42. The molecule has 0 N–H and O–H groups in total. The highest BCUT2D eigenvalue weighted by Crippen LogP contribution is 2.26. The number of benzene rings is 1. The summed E-state index contributed by atoms with van der Waals surface area (Å²) in [4.78, 5) is 20.4. The van der Waals surface area contributed by atoms with Gasteiger partial charge in [-0.15, -0.1) is 0 Å². The topological polar surface area (TPSA) is 44.6 Å². The minimum absolute atomic E-state index is 0.0890. The molecule has 1 aromatic carbocycles. The number of likely N-dealkylation sites (tertiary alicyclic amines) is 1. The van der Waals surface area contributed by atoms with Gasteiger partial charge in [0.25, 0.3) is 5.91 Å². The van der Waals surface area contributed by atoms with Gasteiger partial charge in [0, 0.05) is 44.3 Å². The van der Waals surface area contributed by atoms with Gasteiger partial charge in [0.05, 0.1) is 23.1 Å². The molecule has 0 spiro atoms. The van der Waals surface area contributed by atoms with Crippen molar-refractivity contribution in [2.45, 2.75) is 32.6 Å². The Morgan fingerprint density at radius 3 is 2.33 bits per heavy atom. The fourth-order valence-corrected chi connectivity index (χ4v) is 4.71. The summed E-state index contributed by atoms with van der Waals surface area (Å²) in [6, 6.07) is 7.61. The Morgan fingerprint density at radius 2 is 1.70 bits per heavy atom. The van der Waals surface area contributed by atoms with E-state index in [2.05, 4.69) is 28.7 Å². The molecule has 0 radical (unpaired) electrons. The van der Waals surface area contributed by atoms with Crippen LogP contribution in [0, 0.1) is 0 Å². The van der Waals surface area contributed by atoms with Crippen molar-refractivity contribution < 1.29 is 4.79 Å². The largest absolute Gasteiger partial charge is 0.336 e. The fraction of sp³-hybridized carbons (Fsp3) is 0.565. The predicted molar refractivity (Wildman–Crippen MR) is 121 cm³/mol. The molecule has 2 fully saturated rings. The Bertz CT molecular complexity index is 866. The van der Waals surface area contributed by atoms with Gasteiger partial charge in [0.1, 0.15) is 0 Å². The average molecular weight is 430 g/mol. The fourth-order valence-electron chi connectivity index (χ4n) is 4.53. The number of carbonyl (C=O) groups is 1. The third-order valence-electron chi connectivity index (χ3n) is 6.23. The number of aromatic nitrogens is 2. The van der Waals surface area contributed by atoms with Crippen LogP contribution in [0.25, 0.3) is 5.69 Å². The number of halogens is 1. The van der Waals surface area contributed by atoms with Crippen molar-refractivity contribution in [3.8, 4) is 5.69 Å². The van der Waals surface area contributed by atoms with Crippen LogP contribution in [0.4, 0.5) is 0 Å². The van der Waals surface area contributed by atoms with Crippen LogP contribution < -0.4 is 0 Å². The van der Waals surface area contributed by atoms with Crippen LogP contribution in [-0.2, 0) is 0 Å². The maximum atomic E-state index is 13.3. The van der Waals surface area contributed by atoms with E-state index in [1.54, 1.807) is 6.20 Å². The summed E-state index contributed by atoms with van der Waals surface area (Å²) in [5.74, 6) is 0.262. The maximum absolute atomic E-state index is 13.3. The van der Waals surface area contributed by atoms with Crippen molar-refractivity contribution in [3.05, 3.63) is 46.7 Å². The summed E-state index contributed by atoms with van der Waals surface area (Å²) in [7, 11) is 0. The first-order valence-electron chi connectivity index (χ1n) is 11.1. The second-order valence-corrected chi connectivity index (χ2v) is 9.11. The molecule has 6 nitrogen and oxygen atoms in total. The van der Waals surface area contributed by atoms with Gasteiger partial charge in [-0.3, -0.25) is 9.69 Å². The van der Waals surface area contributed by atoms with E-state index < -0.39 is 0 Å². The smallest absolute Gasteiger partial charge is 0.257 e. The van der Waals surface area contributed by atoms with Crippen LogP contribution in [0.3, 0.4) is 0 Å². The van der Waals surface area contributed by atoms with Gasteiger partial charge in [-0.2, -0.15) is 5.10 Å². The molecule has 0 saturated carbocycles. The lowest BCUT2D eigenvalue weighted by Gasteiger charge is -2.35. The standard InChI is InChI=1S/C23H32ClN5O/c1-18(2)22-21(17-25-29(22)20-7-5-6-19(24)16-20)23(30)28-14-12-27(13-15-28)11-10-26-8-3-4-9-26/h5-7,16-18H,3-4,8-15H2,1-2H3. The number of amides is 1. The van der Waals surface area contributed by atoms with Gasteiger partial charge in [-0.1, -0.05) is 31.5 Å². The zero-order valence-electron chi connectivity index (χ0n) is 18.1. The molecule has 2 aliphatic heterocycles. The van der Waals surface area contributed by atoms with E-state index in [1.165, 1.54) is 25.9 Å². The first-order valence-corrected chi connectivity index (χ1v) is 11.5. The third kappa shape index (κ3) is 4.71. The SMILES string of the molecule is CC(C)c1c(C(=O)N2CCN(CCN3CCCC3)CC2)cnn1-c1cccc(Cl)c1. The van der Waals surface area contributed by atoms with Crippen molar-refractivity contribution in [2.24, 2.45) is 0 Å².